The van der Waals surface area contributed by atoms with Crippen molar-refractivity contribution in [1.29, 1.82) is 0 Å². The molecule has 0 atom stereocenters. The van der Waals surface area contributed by atoms with Gasteiger partial charge in [-0.1, -0.05) is 44.0 Å². The predicted molar refractivity (Wildman–Crippen MR) is 147 cm³/mol. The van der Waals surface area contributed by atoms with Crippen LogP contribution in [0.25, 0.3) is 0 Å². The number of carbonyl (C=O) groups is 4. The third-order valence-electron chi connectivity index (χ3n) is 5.03. The zero-order valence-electron chi connectivity index (χ0n) is 23.3. The lowest BCUT2D eigenvalue weighted by atomic mass is 10.1. The van der Waals surface area contributed by atoms with Crippen molar-refractivity contribution >= 4 is 36.7 Å². The lowest BCUT2D eigenvalue weighted by molar-refractivity contribution is -0.150. The summed E-state index contributed by atoms with van der Waals surface area (Å²) in [6.45, 7) is 3.58. The zero-order chi connectivity index (χ0) is 29.3. The van der Waals surface area contributed by atoms with Crippen molar-refractivity contribution < 1.29 is 47.6 Å². The average molecular weight is 565 g/mol. The van der Waals surface area contributed by atoms with Crippen molar-refractivity contribution in [3.63, 3.8) is 0 Å². The van der Waals surface area contributed by atoms with Crippen LogP contribution < -0.4 is 0 Å². The molecule has 0 aromatic heterocycles. The van der Waals surface area contributed by atoms with Gasteiger partial charge in [0.2, 0.25) is 0 Å². The first-order valence-electron chi connectivity index (χ1n) is 13.4. The maximum atomic E-state index is 11.7. The highest BCUT2D eigenvalue weighted by atomic mass is 16.7. The largest absolute Gasteiger partial charge is 0.508 e. The first kappa shape index (κ1) is 34.1. The topological polar surface area (TPSA) is 148 Å². The minimum Gasteiger partial charge on any atom is -0.466 e. The first-order valence-corrected chi connectivity index (χ1v) is 13.4. The molecule has 0 radical (unpaired) electrons. The van der Waals surface area contributed by atoms with E-state index in [4.69, 9.17) is 23.7 Å². The zero-order valence-corrected chi connectivity index (χ0v) is 23.3. The van der Waals surface area contributed by atoms with Gasteiger partial charge in [-0.15, -0.1) is 0 Å². The van der Waals surface area contributed by atoms with Crippen molar-refractivity contribution in [3.05, 3.63) is 35.4 Å². The van der Waals surface area contributed by atoms with Crippen LogP contribution in [0.1, 0.15) is 63.0 Å². The van der Waals surface area contributed by atoms with Gasteiger partial charge in [-0.25, -0.2) is 9.59 Å². The smallest absolute Gasteiger partial charge is 0.466 e. The molecule has 1 aromatic rings. The molecule has 0 spiro atoms. The standard InChI is InChI=1S/C28H40N2O10/c1-3-4-5-16-36-25(31)12-13-26(32)37-17-6-7-18-38-28(34)40-20-15-30-22-24-10-8-23(9-11-24)21-29-14-19-39-27(33)35-2/h8-11,21-22H,3-7,12-20H2,1-2H3/b29-21+,30-22+. The second-order valence-corrected chi connectivity index (χ2v) is 8.34. The SMILES string of the molecule is CCCCCOC(=O)CCC(=O)OCCCCOC(=O)OCC/N=C/c1ccc(/C=N/CCOC(=O)OC)cc1. The highest BCUT2D eigenvalue weighted by Crippen LogP contribution is 2.02. The van der Waals surface area contributed by atoms with E-state index >= 15 is 0 Å². The fourth-order valence-corrected chi connectivity index (χ4v) is 2.90. The van der Waals surface area contributed by atoms with Crippen LogP contribution in [-0.4, -0.2) is 89.9 Å². The number of nitrogens with zero attached hydrogens (tertiary/aromatic N) is 2. The third-order valence-corrected chi connectivity index (χ3v) is 5.03. The Labute approximate surface area is 235 Å². The van der Waals surface area contributed by atoms with Gasteiger partial charge < -0.3 is 28.4 Å². The summed E-state index contributed by atoms with van der Waals surface area (Å²) in [6, 6.07) is 7.47. The van der Waals surface area contributed by atoms with Crippen LogP contribution in [-0.2, 0) is 38.0 Å². The Bertz CT molecular complexity index is 932. The Balaban J connectivity index is 2.03. The molecule has 0 aliphatic heterocycles. The monoisotopic (exact) mass is 564 g/mol. The Morgan fingerprint density at radius 1 is 0.625 bits per heavy atom. The molecule has 0 bridgehead atoms. The highest BCUT2D eigenvalue weighted by molar-refractivity contribution is 5.84. The molecule has 0 unspecified atom stereocenters. The molecule has 0 aliphatic rings. The van der Waals surface area contributed by atoms with E-state index in [1.165, 1.54) is 7.11 Å². The molecule has 1 aromatic carbocycles. The van der Waals surface area contributed by atoms with Crippen molar-refractivity contribution in [2.75, 3.05) is 53.2 Å². The number of esters is 2. The summed E-state index contributed by atoms with van der Waals surface area (Å²) < 4.78 is 29.1. The molecule has 0 saturated carbocycles. The number of unbranched alkanes of at least 4 members (excludes halogenated alkanes) is 3. The van der Waals surface area contributed by atoms with E-state index < -0.39 is 24.2 Å². The number of rotatable bonds is 20. The fourth-order valence-electron chi connectivity index (χ4n) is 2.90. The molecule has 1 rings (SSSR count). The van der Waals surface area contributed by atoms with Gasteiger partial charge in [0.25, 0.3) is 0 Å². The van der Waals surface area contributed by atoms with Crippen LogP contribution in [0.2, 0.25) is 0 Å². The van der Waals surface area contributed by atoms with E-state index in [0.29, 0.717) is 26.0 Å². The number of hydrogen-bond acceptors (Lipinski definition) is 12. The summed E-state index contributed by atoms with van der Waals surface area (Å²) in [4.78, 5) is 54.0. The van der Waals surface area contributed by atoms with E-state index in [1.807, 2.05) is 24.3 Å². The van der Waals surface area contributed by atoms with Crippen molar-refractivity contribution in [1.82, 2.24) is 0 Å². The summed E-state index contributed by atoms with van der Waals surface area (Å²) in [5.74, 6) is -0.861. The van der Waals surface area contributed by atoms with Crippen LogP contribution >= 0.6 is 0 Å². The van der Waals surface area contributed by atoms with Crippen LogP contribution in [0.4, 0.5) is 9.59 Å². The maximum absolute atomic E-state index is 11.7. The minimum atomic E-state index is -0.787. The van der Waals surface area contributed by atoms with Gasteiger partial charge >= 0.3 is 24.2 Å². The Morgan fingerprint density at radius 3 is 1.52 bits per heavy atom. The van der Waals surface area contributed by atoms with Crippen LogP contribution in [0, 0.1) is 0 Å². The van der Waals surface area contributed by atoms with E-state index in [-0.39, 0.29) is 45.8 Å². The number of hydrogen-bond donors (Lipinski definition) is 0. The van der Waals surface area contributed by atoms with Crippen LogP contribution in [0.5, 0.6) is 0 Å². The average Bonchev–Trinajstić information content (AvgIpc) is 2.96. The lowest BCUT2D eigenvalue weighted by Crippen LogP contribution is -2.13. The Morgan fingerprint density at radius 2 is 1.05 bits per heavy atom. The van der Waals surface area contributed by atoms with E-state index in [1.54, 1.807) is 12.4 Å². The lowest BCUT2D eigenvalue weighted by Gasteiger charge is -2.07. The number of carbonyl (C=O) groups excluding carboxylic acids is 4. The predicted octanol–water partition coefficient (Wildman–Crippen LogP) is 4.30. The van der Waals surface area contributed by atoms with Gasteiger partial charge in [0.15, 0.2) is 0 Å². The van der Waals surface area contributed by atoms with Crippen molar-refractivity contribution in [2.45, 2.75) is 51.9 Å². The molecule has 222 valence electrons. The molecule has 0 heterocycles. The molecule has 12 nitrogen and oxygen atoms in total. The van der Waals surface area contributed by atoms with Crippen LogP contribution in [0.15, 0.2) is 34.3 Å². The Kier molecular flexibility index (Phi) is 19.6. The number of ether oxygens (including phenoxy) is 6. The molecular formula is C28H40N2O10. The molecule has 12 heteroatoms. The minimum absolute atomic E-state index is 0.00387. The van der Waals surface area contributed by atoms with Gasteiger partial charge in [0, 0.05) is 12.4 Å². The van der Waals surface area contributed by atoms with Crippen molar-refractivity contribution in [2.24, 2.45) is 9.98 Å². The summed E-state index contributed by atoms with van der Waals surface area (Å²) in [7, 11) is 1.24. The molecular weight excluding hydrogens is 524 g/mol. The van der Waals surface area contributed by atoms with Crippen molar-refractivity contribution in [3.8, 4) is 0 Å². The molecule has 0 aliphatic carbocycles. The number of benzene rings is 1. The van der Waals surface area contributed by atoms with Gasteiger partial charge in [0.1, 0.15) is 13.2 Å². The normalized spacial score (nSPS) is 10.8. The molecule has 0 fully saturated rings. The summed E-state index contributed by atoms with van der Waals surface area (Å²) in [5.41, 5.74) is 1.76. The molecule has 0 N–H and O–H groups in total. The maximum Gasteiger partial charge on any atom is 0.508 e. The fraction of sp³-hybridized carbons (Fsp3) is 0.571. The summed E-state index contributed by atoms with van der Waals surface area (Å²) in [5, 5.41) is 0. The Hall–Kier alpha value is -3.96. The molecule has 0 saturated heterocycles. The quantitative estimate of drug-likeness (QED) is 0.0971. The van der Waals surface area contributed by atoms with E-state index in [0.717, 1.165) is 30.4 Å². The van der Waals surface area contributed by atoms with E-state index in [9.17, 15) is 19.2 Å². The van der Waals surface area contributed by atoms with Gasteiger partial charge in [-0.2, -0.15) is 0 Å². The van der Waals surface area contributed by atoms with Gasteiger partial charge in [-0.05, 0) is 30.4 Å². The van der Waals surface area contributed by atoms with Gasteiger partial charge in [0.05, 0.1) is 52.9 Å². The highest BCUT2D eigenvalue weighted by Gasteiger charge is 2.09. The van der Waals surface area contributed by atoms with E-state index in [2.05, 4.69) is 21.6 Å². The molecule has 0 amide bonds. The first-order chi connectivity index (χ1) is 19.4. The number of methoxy groups -OCH3 is 1. The number of aliphatic imine (C=N–C) groups is 2. The van der Waals surface area contributed by atoms with Gasteiger partial charge in [-0.3, -0.25) is 19.6 Å². The second kappa shape index (κ2) is 23.0. The molecule has 40 heavy (non-hydrogen) atoms. The second-order valence-electron chi connectivity index (χ2n) is 8.34. The third kappa shape index (κ3) is 19.2. The summed E-state index contributed by atoms with van der Waals surface area (Å²) in [6.07, 6.45) is 5.68. The summed E-state index contributed by atoms with van der Waals surface area (Å²) >= 11 is 0. The van der Waals surface area contributed by atoms with Crippen LogP contribution in [0.3, 0.4) is 0 Å².